The van der Waals surface area contributed by atoms with E-state index in [0.29, 0.717) is 0 Å². The maximum atomic E-state index is 12.8. The first-order chi connectivity index (χ1) is 7.35. The van der Waals surface area contributed by atoms with Gasteiger partial charge in [0, 0.05) is 11.6 Å². The Labute approximate surface area is 93.5 Å². The molecule has 0 spiro atoms. The Bertz CT molecular complexity index is 350. The molecule has 0 radical (unpaired) electrons. The normalized spacial score (nSPS) is 14.1. The van der Waals surface area contributed by atoms with Crippen molar-refractivity contribution in [3.8, 4) is 0 Å². The molecule has 16 heavy (non-hydrogen) atoms. The number of aryl methyl sites for hydroxylation is 2. The molecule has 1 heterocycles. The minimum atomic E-state index is -3.08. The van der Waals surface area contributed by atoms with Gasteiger partial charge in [0.2, 0.25) is 0 Å². The lowest BCUT2D eigenvalue weighted by Crippen LogP contribution is -2.37. The predicted molar refractivity (Wildman–Crippen MR) is 56.6 cm³/mol. The first-order valence-electron chi connectivity index (χ1n) is 5.15. The van der Waals surface area contributed by atoms with Crippen LogP contribution < -0.4 is 5.32 Å². The van der Waals surface area contributed by atoms with Gasteiger partial charge in [0.05, 0.1) is 6.54 Å². The molecule has 0 aliphatic heterocycles. The van der Waals surface area contributed by atoms with Crippen molar-refractivity contribution < 1.29 is 18.3 Å². The quantitative estimate of drug-likeness (QED) is 0.819. The number of nitrogens with one attached hydrogen (secondary N) is 1. The number of rotatable bonds is 5. The van der Waals surface area contributed by atoms with Gasteiger partial charge >= 0.3 is 0 Å². The van der Waals surface area contributed by atoms with Crippen LogP contribution in [0.1, 0.15) is 30.0 Å². The van der Waals surface area contributed by atoms with Crippen LogP contribution in [0, 0.1) is 13.8 Å². The summed E-state index contributed by atoms with van der Waals surface area (Å²) >= 11 is 0. The second-order valence-corrected chi connectivity index (χ2v) is 3.99. The van der Waals surface area contributed by atoms with Gasteiger partial charge < -0.3 is 14.8 Å². The van der Waals surface area contributed by atoms with Crippen LogP contribution in [0.2, 0.25) is 0 Å². The number of aliphatic hydroxyl groups is 1. The van der Waals surface area contributed by atoms with Crippen LogP contribution in [0.25, 0.3) is 0 Å². The van der Waals surface area contributed by atoms with Gasteiger partial charge in [-0.05, 0) is 26.8 Å². The maximum Gasteiger partial charge on any atom is 0.282 e. The third kappa shape index (κ3) is 3.28. The van der Waals surface area contributed by atoms with Crippen LogP contribution in [0.15, 0.2) is 10.5 Å². The van der Waals surface area contributed by atoms with Gasteiger partial charge in [-0.1, -0.05) is 0 Å². The molecule has 2 N–H and O–H groups in total. The Morgan fingerprint density at radius 3 is 2.56 bits per heavy atom. The van der Waals surface area contributed by atoms with Gasteiger partial charge in [-0.3, -0.25) is 0 Å². The molecule has 0 fully saturated rings. The third-order valence-corrected chi connectivity index (χ3v) is 2.44. The number of halogens is 2. The minimum absolute atomic E-state index is 0.227. The molecule has 0 bridgehead atoms. The fourth-order valence-electron chi connectivity index (χ4n) is 1.55. The Balaban J connectivity index is 2.59. The number of hydrogen-bond donors (Lipinski definition) is 2. The van der Waals surface area contributed by atoms with E-state index in [0.717, 1.165) is 17.1 Å². The highest BCUT2D eigenvalue weighted by Gasteiger charge is 2.28. The van der Waals surface area contributed by atoms with Crippen molar-refractivity contribution in [1.82, 2.24) is 5.32 Å². The van der Waals surface area contributed by atoms with E-state index in [-0.39, 0.29) is 6.04 Å². The van der Waals surface area contributed by atoms with Crippen molar-refractivity contribution in [3.05, 3.63) is 23.2 Å². The Hall–Kier alpha value is -0.940. The molecule has 92 valence electrons. The van der Waals surface area contributed by atoms with E-state index in [1.165, 1.54) is 0 Å². The summed E-state index contributed by atoms with van der Waals surface area (Å²) in [6.45, 7) is 3.70. The molecule has 0 aromatic carbocycles. The van der Waals surface area contributed by atoms with Gasteiger partial charge in [0.15, 0.2) is 0 Å². The minimum Gasteiger partial charge on any atom is -0.466 e. The average Bonchev–Trinajstić information content (AvgIpc) is 2.54. The van der Waals surface area contributed by atoms with E-state index in [9.17, 15) is 8.78 Å². The summed E-state index contributed by atoms with van der Waals surface area (Å²) in [4.78, 5) is 0. The van der Waals surface area contributed by atoms with E-state index in [2.05, 4.69) is 5.32 Å². The molecule has 0 saturated carbocycles. The summed E-state index contributed by atoms with van der Waals surface area (Å²) in [5.74, 6) is -1.60. The van der Waals surface area contributed by atoms with Gasteiger partial charge in [-0.15, -0.1) is 0 Å². The molecule has 1 rings (SSSR count). The summed E-state index contributed by atoms with van der Waals surface area (Å²) in [5, 5.41) is 11.1. The van der Waals surface area contributed by atoms with Crippen molar-refractivity contribution >= 4 is 0 Å². The lowest BCUT2D eigenvalue weighted by atomic mass is 10.1. The standard InChI is InChI=1S/C11H17F2NO2/c1-7-4-10(9(3)16-7)8(2)14-5-11(12,13)6-15/h4,8,14-15H,5-6H2,1-3H3. The summed E-state index contributed by atoms with van der Waals surface area (Å²) in [5.41, 5.74) is 0.867. The third-order valence-electron chi connectivity index (χ3n) is 2.44. The number of hydrogen-bond acceptors (Lipinski definition) is 3. The SMILES string of the molecule is Cc1cc(C(C)NCC(F)(F)CO)c(C)o1. The first-order valence-corrected chi connectivity index (χ1v) is 5.15. The zero-order valence-corrected chi connectivity index (χ0v) is 9.68. The van der Waals surface area contributed by atoms with Crippen molar-refractivity contribution in [1.29, 1.82) is 0 Å². The van der Waals surface area contributed by atoms with Gasteiger partial charge in [-0.25, -0.2) is 8.78 Å². The molecule has 3 nitrogen and oxygen atoms in total. The summed E-state index contributed by atoms with van der Waals surface area (Å²) in [6.07, 6.45) is 0. The molecule has 0 aliphatic rings. The summed E-state index contributed by atoms with van der Waals surface area (Å²) in [6, 6.07) is 1.60. The highest BCUT2D eigenvalue weighted by molar-refractivity contribution is 5.23. The van der Waals surface area contributed by atoms with E-state index in [4.69, 9.17) is 9.52 Å². The van der Waals surface area contributed by atoms with E-state index in [1.807, 2.05) is 13.0 Å². The second-order valence-electron chi connectivity index (χ2n) is 3.99. The van der Waals surface area contributed by atoms with Crippen LogP contribution >= 0.6 is 0 Å². The van der Waals surface area contributed by atoms with Crippen LogP contribution in [0.3, 0.4) is 0 Å². The molecule has 1 unspecified atom stereocenters. The molecular formula is C11H17F2NO2. The lowest BCUT2D eigenvalue weighted by molar-refractivity contribution is -0.0491. The first kappa shape index (κ1) is 13.1. The molecule has 1 atom stereocenters. The summed E-state index contributed by atoms with van der Waals surface area (Å²) < 4.78 is 30.9. The van der Waals surface area contributed by atoms with Crippen LogP contribution in [-0.2, 0) is 0 Å². The van der Waals surface area contributed by atoms with Crippen LogP contribution in [0.5, 0.6) is 0 Å². The number of alkyl halides is 2. The molecule has 1 aromatic rings. The van der Waals surface area contributed by atoms with Crippen LogP contribution in [0.4, 0.5) is 8.78 Å². The highest BCUT2D eigenvalue weighted by Crippen LogP contribution is 2.22. The van der Waals surface area contributed by atoms with Crippen molar-refractivity contribution in [2.24, 2.45) is 0 Å². The van der Waals surface area contributed by atoms with Gasteiger partial charge in [-0.2, -0.15) is 0 Å². The largest absolute Gasteiger partial charge is 0.466 e. The Morgan fingerprint density at radius 1 is 1.50 bits per heavy atom. The molecule has 0 saturated heterocycles. The van der Waals surface area contributed by atoms with E-state index >= 15 is 0 Å². The molecule has 0 amide bonds. The van der Waals surface area contributed by atoms with Gasteiger partial charge in [0.1, 0.15) is 18.1 Å². The maximum absolute atomic E-state index is 12.8. The molecule has 0 aliphatic carbocycles. The van der Waals surface area contributed by atoms with Crippen LogP contribution in [-0.4, -0.2) is 24.2 Å². The lowest BCUT2D eigenvalue weighted by Gasteiger charge is -2.18. The molecule has 1 aromatic heterocycles. The van der Waals surface area contributed by atoms with E-state index in [1.54, 1.807) is 13.8 Å². The zero-order chi connectivity index (χ0) is 12.3. The van der Waals surface area contributed by atoms with Crippen molar-refractivity contribution in [2.45, 2.75) is 32.7 Å². The zero-order valence-electron chi connectivity index (χ0n) is 9.68. The Kier molecular flexibility index (Phi) is 4.04. The fraction of sp³-hybridized carbons (Fsp3) is 0.636. The fourth-order valence-corrected chi connectivity index (χ4v) is 1.55. The highest BCUT2D eigenvalue weighted by atomic mass is 19.3. The topological polar surface area (TPSA) is 45.4 Å². The van der Waals surface area contributed by atoms with Crippen molar-refractivity contribution in [2.75, 3.05) is 13.2 Å². The monoisotopic (exact) mass is 233 g/mol. The van der Waals surface area contributed by atoms with E-state index < -0.39 is 19.1 Å². The van der Waals surface area contributed by atoms with Gasteiger partial charge in [0.25, 0.3) is 5.92 Å². The average molecular weight is 233 g/mol. The Morgan fingerprint density at radius 2 is 2.12 bits per heavy atom. The molecule has 5 heteroatoms. The number of aliphatic hydroxyl groups excluding tert-OH is 1. The summed E-state index contributed by atoms with van der Waals surface area (Å²) in [7, 11) is 0. The number of furan rings is 1. The predicted octanol–water partition coefficient (Wildman–Crippen LogP) is 2.17. The smallest absolute Gasteiger partial charge is 0.282 e. The molecular weight excluding hydrogens is 216 g/mol. The van der Waals surface area contributed by atoms with Crippen molar-refractivity contribution in [3.63, 3.8) is 0 Å². The second kappa shape index (κ2) is 4.93.